The molecule has 5 heteroatoms. The van der Waals surface area contributed by atoms with Gasteiger partial charge < -0.3 is 14.8 Å². The van der Waals surface area contributed by atoms with Crippen LogP contribution in [0.5, 0.6) is 11.5 Å². The molecule has 2 aromatic rings. The summed E-state index contributed by atoms with van der Waals surface area (Å²) in [6.07, 6.45) is -0.00376. The van der Waals surface area contributed by atoms with Crippen LogP contribution < -0.4 is 14.8 Å². The summed E-state index contributed by atoms with van der Waals surface area (Å²) in [5, 5.41) is 3.61. The fourth-order valence-electron chi connectivity index (χ4n) is 2.41. The first kappa shape index (κ1) is 18.1. The molecule has 2 rings (SSSR count). The van der Waals surface area contributed by atoms with Crippen LogP contribution in [0.2, 0.25) is 5.02 Å². The SMILES string of the molecule is CCC(Oc1ccc(Cl)cc1)C(=O)NC(C)c1ccccc1OC. The molecular weight excluding hydrogens is 326 g/mol. The van der Waals surface area contributed by atoms with Gasteiger partial charge in [-0.15, -0.1) is 0 Å². The van der Waals surface area contributed by atoms with Crippen LogP contribution >= 0.6 is 11.6 Å². The molecule has 0 bridgehead atoms. The van der Waals surface area contributed by atoms with Crippen molar-refractivity contribution in [3.8, 4) is 11.5 Å². The normalized spacial score (nSPS) is 13.0. The second-order valence-electron chi connectivity index (χ2n) is 5.44. The van der Waals surface area contributed by atoms with Gasteiger partial charge in [0.1, 0.15) is 11.5 Å². The molecule has 24 heavy (non-hydrogen) atoms. The number of halogens is 1. The number of nitrogens with one attached hydrogen (secondary N) is 1. The summed E-state index contributed by atoms with van der Waals surface area (Å²) < 4.78 is 11.1. The van der Waals surface area contributed by atoms with Crippen LogP contribution in [0.25, 0.3) is 0 Å². The van der Waals surface area contributed by atoms with Crippen LogP contribution in [-0.2, 0) is 4.79 Å². The number of hydrogen-bond acceptors (Lipinski definition) is 3. The molecule has 0 saturated carbocycles. The molecule has 0 heterocycles. The van der Waals surface area contributed by atoms with Crippen LogP contribution in [-0.4, -0.2) is 19.1 Å². The van der Waals surface area contributed by atoms with E-state index in [0.717, 1.165) is 11.3 Å². The number of rotatable bonds is 7. The van der Waals surface area contributed by atoms with E-state index in [2.05, 4.69) is 5.32 Å². The first-order chi connectivity index (χ1) is 11.5. The van der Waals surface area contributed by atoms with Crippen molar-refractivity contribution in [1.82, 2.24) is 5.32 Å². The Morgan fingerprint density at radius 1 is 1.17 bits per heavy atom. The Balaban J connectivity index is 2.04. The quantitative estimate of drug-likeness (QED) is 0.808. The molecule has 0 aliphatic heterocycles. The van der Waals surface area contributed by atoms with Crippen LogP contribution in [0.4, 0.5) is 0 Å². The average molecular weight is 348 g/mol. The topological polar surface area (TPSA) is 47.6 Å². The Morgan fingerprint density at radius 3 is 2.46 bits per heavy atom. The summed E-state index contributed by atoms with van der Waals surface area (Å²) >= 11 is 5.86. The van der Waals surface area contributed by atoms with Gasteiger partial charge in [-0.25, -0.2) is 0 Å². The smallest absolute Gasteiger partial charge is 0.261 e. The maximum atomic E-state index is 12.5. The van der Waals surface area contributed by atoms with Crippen molar-refractivity contribution in [3.05, 3.63) is 59.1 Å². The number of benzene rings is 2. The minimum atomic E-state index is -0.566. The summed E-state index contributed by atoms with van der Waals surface area (Å²) in [6, 6.07) is 14.4. The third-order valence-electron chi connectivity index (χ3n) is 3.72. The summed E-state index contributed by atoms with van der Waals surface area (Å²) in [4.78, 5) is 12.5. The highest BCUT2D eigenvalue weighted by Crippen LogP contribution is 2.25. The van der Waals surface area contributed by atoms with E-state index >= 15 is 0 Å². The monoisotopic (exact) mass is 347 g/mol. The van der Waals surface area contributed by atoms with E-state index < -0.39 is 6.10 Å². The summed E-state index contributed by atoms with van der Waals surface area (Å²) in [5.41, 5.74) is 0.926. The van der Waals surface area contributed by atoms with Crippen molar-refractivity contribution < 1.29 is 14.3 Å². The van der Waals surface area contributed by atoms with Crippen LogP contribution in [0, 0.1) is 0 Å². The zero-order chi connectivity index (χ0) is 17.5. The minimum Gasteiger partial charge on any atom is -0.496 e. The molecule has 2 unspecified atom stereocenters. The first-order valence-electron chi connectivity index (χ1n) is 7.90. The predicted molar refractivity (Wildman–Crippen MR) is 95.7 cm³/mol. The van der Waals surface area contributed by atoms with Gasteiger partial charge in [0.2, 0.25) is 0 Å². The second kappa shape index (κ2) is 8.60. The Kier molecular flexibility index (Phi) is 6.50. The van der Waals surface area contributed by atoms with Gasteiger partial charge in [0.05, 0.1) is 13.2 Å². The van der Waals surface area contributed by atoms with Crippen molar-refractivity contribution in [2.24, 2.45) is 0 Å². The van der Waals surface area contributed by atoms with E-state index in [1.165, 1.54) is 0 Å². The number of carbonyl (C=O) groups is 1. The molecular formula is C19H22ClNO3. The lowest BCUT2D eigenvalue weighted by Crippen LogP contribution is -2.39. The van der Waals surface area contributed by atoms with Gasteiger partial charge in [-0.1, -0.05) is 36.7 Å². The van der Waals surface area contributed by atoms with Crippen molar-refractivity contribution in [2.45, 2.75) is 32.4 Å². The standard InChI is InChI=1S/C19H22ClNO3/c1-4-17(24-15-11-9-14(20)10-12-15)19(22)21-13(2)16-7-5-6-8-18(16)23-3/h5-13,17H,4H2,1-3H3,(H,21,22). The van der Waals surface area contributed by atoms with Crippen LogP contribution in [0.1, 0.15) is 31.9 Å². The summed E-state index contributed by atoms with van der Waals surface area (Å²) in [6.45, 7) is 3.83. The lowest BCUT2D eigenvalue weighted by Gasteiger charge is -2.22. The molecule has 0 fully saturated rings. The molecule has 4 nitrogen and oxygen atoms in total. The summed E-state index contributed by atoms with van der Waals surface area (Å²) in [5.74, 6) is 1.20. The van der Waals surface area contributed by atoms with Crippen molar-refractivity contribution >= 4 is 17.5 Å². The molecule has 0 saturated heterocycles. The number of methoxy groups -OCH3 is 1. The Hall–Kier alpha value is -2.20. The van der Waals surface area contributed by atoms with E-state index in [-0.39, 0.29) is 11.9 Å². The van der Waals surface area contributed by atoms with E-state index in [4.69, 9.17) is 21.1 Å². The molecule has 1 amide bonds. The Morgan fingerprint density at radius 2 is 1.83 bits per heavy atom. The third-order valence-corrected chi connectivity index (χ3v) is 3.97. The van der Waals surface area contributed by atoms with Crippen LogP contribution in [0.15, 0.2) is 48.5 Å². The second-order valence-corrected chi connectivity index (χ2v) is 5.88. The van der Waals surface area contributed by atoms with Gasteiger partial charge in [0.25, 0.3) is 5.91 Å². The van der Waals surface area contributed by atoms with Crippen LogP contribution in [0.3, 0.4) is 0 Å². The van der Waals surface area contributed by atoms with Gasteiger partial charge in [0, 0.05) is 10.6 Å². The van der Waals surface area contributed by atoms with E-state index in [1.807, 2.05) is 38.1 Å². The predicted octanol–water partition coefficient (Wildman–Crippen LogP) is 4.38. The van der Waals surface area contributed by atoms with E-state index in [1.54, 1.807) is 31.4 Å². The first-order valence-corrected chi connectivity index (χ1v) is 8.28. The summed E-state index contributed by atoms with van der Waals surface area (Å²) in [7, 11) is 1.62. The highest BCUT2D eigenvalue weighted by molar-refractivity contribution is 6.30. The number of carbonyl (C=O) groups excluding carboxylic acids is 1. The van der Waals surface area contributed by atoms with E-state index in [0.29, 0.717) is 17.2 Å². The molecule has 2 atom stereocenters. The fourth-order valence-corrected chi connectivity index (χ4v) is 2.53. The van der Waals surface area contributed by atoms with Crippen molar-refractivity contribution in [3.63, 3.8) is 0 Å². The molecule has 0 aliphatic carbocycles. The zero-order valence-electron chi connectivity index (χ0n) is 14.1. The molecule has 1 N–H and O–H groups in total. The number of para-hydroxylation sites is 1. The van der Waals surface area contributed by atoms with E-state index in [9.17, 15) is 4.79 Å². The number of amides is 1. The molecule has 2 aromatic carbocycles. The minimum absolute atomic E-state index is 0.161. The maximum absolute atomic E-state index is 12.5. The number of hydrogen-bond donors (Lipinski definition) is 1. The zero-order valence-corrected chi connectivity index (χ0v) is 14.8. The maximum Gasteiger partial charge on any atom is 0.261 e. The molecule has 0 aliphatic rings. The van der Waals surface area contributed by atoms with Gasteiger partial charge >= 0.3 is 0 Å². The highest BCUT2D eigenvalue weighted by atomic mass is 35.5. The van der Waals surface area contributed by atoms with Gasteiger partial charge in [-0.3, -0.25) is 4.79 Å². The largest absolute Gasteiger partial charge is 0.496 e. The lowest BCUT2D eigenvalue weighted by molar-refractivity contribution is -0.128. The third kappa shape index (κ3) is 4.65. The van der Waals surface area contributed by atoms with Gasteiger partial charge in [-0.2, -0.15) is 0 Å². The molecule has 128 valence electrons. The Bertz CT molecular complexity index is 673. The molecule has 0 radical (unpaired) electrons. The van der Waals surface area contributed by atoms with Crippen molar-refractivity contribution in [2.75, 3.05) is 7.11 Å². The average Bonchev–Trinajstić information content (AvgIpc) is 2.60. The lowest BCUT2D eigenvalue weighted by atomic mass is 10.1. The van der Waals surface area contributed by atoms with Crippen molar-refractivity contribution in [1.29, 1.82) is 0 Å². The molecule has 0 aromatic heterocycles. The number of ether oxygens (including phenoxy) is 2. The van der Waals surface area contributed by atoms with Gasteiger partial charge in [-0.05, 0) is 43.7 Å². The highest BCUT2D eigenvalue weighted by Gasteiger charge is 2.21. The Labute approximate surface area is 147 Å². The fraction of sp³-hybridized carbons (Fsp3) is 0.316. The van der Waals surface area contributed by atoms with Gasteiger partial charge in [0.15, 0.2) is 6.10 Å². The molecule has 0 spiro atoms.